The van der Waals surface area contributed by atoms with E-state index in [1.165, 1.54) is 0 Å². The van der Waals surface area contributed by atoms with E-state index in [0.717, 1.165) is 0 Å². The molecule has 0 aliphatic rings. The molecule has 0 rings (SSSR count). The molecule has 0 heterocycles. The Labute approximate surface area is 84.1 Å². The average molecular weight is 228 g/mol. The van der Waals surface area contributed by atoms with Crippen LogP contribution in [-0.2, 0) is 10.1 Å². The van der Waals surface area contributed by atoms with Crippen molar-refractivity contribution in [1.29, 1.82) is 0 Å². The van der Waals surface area contributed by atoms with Crippen molar-refractivity contribution >= 4 is 10.1 Å². The molecule has 0 aromatic rings. The predicted octanol–water partition coefficient (Wildman–Crippen LogP) is -1.69. The maximum Gasteiger partial charge on any atom is 0.270 e. The third kappa shape index (κ3) is 6.28. The summed E-state index contributed by atoms with van der Waals surface area (Å²) in [6.45, 7) is 0.732. The van der Waals surface area contributed by atoms with Crippen molar-refractivity contribution in [3.05, 3.63) is 0 Å². The molecule has 0 atom stereocenters. The van der Waals surface area contributed by atoms with E-state index in [0.29, 0.717) is 13.1 Å². The molecule has 0 fully saturated rings. The molecular formula is C7H18NO5S+. The molecule has 7 heteroatoms. The minimum atomic E-state index is -3.97. The number of nitrogens with zero attached hydrogens (tertiary/aromatic N) is 1. The van der Waals surface area contributed by atoms with Crippen LogP contribution in [0.5, 0.6) is 0 Å². The molecule has 0 amide bonds. The van der Waals surface area contributed by atoms with Gasteiger partial charge < -0.3 is 14.7 Å². The zero-order valence-corrected chi connectivity index (χ0v) is 9.07. The van der Waals surface area contributed by atoms with Crippen LogP contribution in [0.3, 0.4) is 0 Å². The Morgan fingerprint density at radius 1 is 1.07 bits per heavy atom. The van der Waals surface area contributed by atoms with E-state index >= 15 is 0 Å². The fourth-order valence-corrected chi connectivity index (χ4v) is 1.83. The molecule has 0 aromatic carbocycles. The molecule has 0 radical (unpaired) electrons. The van der Waals surface area contributed by atoms with Gasteiger partial charge in [-0.1, -0.05) is 0 Å². The highest BCUT2D eigenvalue weighted by Gasteiger charge is 2.22. The van der Waals surface area contributed by atoms with E-state index in [2.05, 4.69) is 0 Å². The first-order chi connectivity index (χ1) is 6.33. The summed E-state index contributed by atoms with van der Waals surface area (Å²) in [4.78, 5) is 0. The lowest BCUT2D eigenvalue weighted by Gasteiger charge is -2.32. The van der Waals surface area contributed by atoms with Crippen LogP contribution in [-0.4, -0.2) is 73.3 Å². The van der Waals surface area contributed by atoms with Crippen molar-refractivity contribution in [2.24, 2.45) is 0 Å². The van der Waals surface area contributed by atoms with E-state index in [4.69, 9.17) is 14.8 Å². The SMILES string of the molecule is C[N+](CCO)(CCO)CCS(=O)(=O)O. The molecule has 6 nitrogen and oxygen atoms in total. The normalized spacial score (nSPS) is 13.1. The van der Waals surface area contributed by atoms with Gasteiger partial charge in [0.1, 0.15) is 18.8 Å². The second-order valence-electron chi connectivity index (χ2n) is 3.52. The summed E-state index contributed by atoms with van der Waals surface area (Å²) in [6.07, 6.45) is 0. The first-order valence-corrected chi connectivity index (χ1v) is 5.94. The van der Waals surface area contributed by atoms with Crippen LogP contribution < -0.4 is 0 Å². The van der Waals surface area contributed by atoms with Crippen LogP contribution in [0.25, 0.3) is 0 Å². The minimum Gasteiger partial charge on any atom is -0.391 e. The monoisotopic (exact) mass is 228 g/mol. The Bertz CT molecular complexity index is 245. The van der Waals surface area contributed by atoms with Crippen molar-refractivity contribution in [2.45, 2.75) is 0 Å². The number of rotatable bonds is 7. The van der Waals surface area contributed by atoms with E-state index in [1.54, 1.807) is 7.05 Å². The zero-order chi connectivity index (χ0) is 11.2. The molecule has 0 saturated carbocycles. The quantitative estimate of drug-likeness (QED) is 0.357. The van der Waals surface area contributed by atoms with Crippen LogP contribution in [0.15, 0.2) is 0 Å². The second kappa shape index (κ2) is 5.62. The molecule has 14 heavy (non-hydrogen) atoms. The average Bonchev–Trinajstić information content (AvgIpc) is 2.01. The van der Waals surface area contributed by atoms with E-state index < -0.39 is 10.1 Å². The number of hydrogen-bond acceptors (Lipinski definition) is 4. The standard InChI is InChI=1S/C7H17NO5S/c1-8(2-5-9,3-6-10)4-7-14(11,12)13/h9-10H,2-7H2,1H3/p+1. The van der Waals surface area contributed by atoms with Gasteiger partial charge in [-0.05, 0) is 0 Å². The van der Waals surface area contributed by atoms with Gasteiger partial charge in [-0.25, -0.2) is 0 Å². The molecule has 86 valence electrons. The molecule has 0 aromatic heterocycles. The van der Waals surface area contributed by atoms with Crippen molar-refractivity contribution in [3.63, 3.8) is 0 Å². The van der Waals surface area contributed by atoms with Gasteiger partial charge in [0.25, 0.3) is 10.1 Å². The lowest BCUT2D eigenvalue weighted by Crippen LogP contribution is -2.50. The van der Waals surface area contributed by atoms with Crippen LogP contribution in [0.1, 0.15) is 0 Å². The van der Waals surface area contributed by atoms with Gasteiger partial charge in [0.05, 0.1) is 26.8 Å². The van der Waals surface area contributed by atoms with E-state index in [9.17, 15) is 8.42 Å². The maximum absolute atomic E-state index is 10.5. The lowest BCUT2D eigenvalue weighted by atomic mass is 10.4. The van der Waals surface area contributed by atoms with Gasteiger partial charge >= 0.3 is 0 Å². The van der Waals surface area contributed by atoms with Crippen LogP contribution in [0.4, 0.5) is 0 Å². The highest BCUT2D eigenvalue weighted by Crippen LogP contribution is 2.02. The van der Waals surface area contributed by atoms with Gasteiger partial charge in [-0.15, -0.1) is 0 Å². The Hall–Kier alpha value is -0.210. The molecule has 0 unspecified atom stereocenters. The highest BCUT2D eigenvalue weighted by molar-refractivity contribution is 7.85. The Morgan fingerprint density at radius 2 is 1.50 bits per heavy atom. The second-order valence-corrected chi connectivity index (χ2v) is 5.10. The Morgan fingerprint density at radius 3 is 1.79 bits per heavy atom. The molecule has 0 spiro atoms. The largest absolute Gasteiger partial charge is 0.391 e. The number of aliphatic hydroxyl groups excluding tert-OH is 2. The van der Waals surface area contributed by atoms with Crippen molar-refractivity contribution in [2.75, 3.05) is 45.6 Å². The van der Waals surface area contributed by atoms with Crippen molar-refractivity contribution < 1.29 is 27.7 Å². The van der Waals surface area contributed by atoms with Gasteiger partial charge in [-0.3, -0.25) is 4.55 Å². The minimum absolute atomic E-state index is 0.0814. The highest BCUT2D eigenvalue weighted by atomic mass is 32.2. The molecule has 0 bridgehead atoms. The fraction of sp³-hybridized carbons (Fsp3) is 1.00. The van der Waals surface area contributed by atoms with Gasteiger partial charge in [0.2, 0.25) is 0 Å². The third-order valence-electron chi connectivity index (χ3n) is 2.17. The summed E-state index contributed by atoms with van der Waals surface area (Å²) in [5.41, 5.74) is 0. The molecule has 0 aliphatic heterocycles. The Kier molecular flexibility index (Phi) is 5.53. The summed E-state index contributed by atoms with van der Waals surface area (Å²) in [6, 6.07) is 0. The molecule has 0 saturated heterocycles. The molecule has 0 aliphatic carbocycles. The summed E-state index contributed by atoms with van der Waals surface area (Å²) >= 11 is 0. The van der Waals surface area contributed by atoms with Crippen LogP contribution >= 0.6 is 0 Å². The number of quaternary nitrogens is 1. The maximum atomic E-state index is 10.5. The van der Waals surface area contributed by atoms with Crippen molar-refractivity contribution in [3.8, 4) is 0 Å². The number of likely N-dealkylation sites (N-methyl/N-ethyl adjacent to an activating group) is 1. The smallest absolute Gasteiger partial charge is 0.270 e. The van der Waals surface area contributed by atoms with Gasteiger partial charge in [0, 0.05) is 0 Å². The van der Waals surface area contributed by atoms with E-state index in [-0.39, 0.29) is 30.0 Å². The fourth-order valence-electron chi connectivity index (χ4n) is 1.15. The number of hydrogen-bond donors (Lipinski definition) is 3. The topological polar surface area (TPSA) is 94.8 Å². The first-order valence-electron chi connectivity index (χ1n) is 4.33. The predicted molar refractivity (Wildman–Crippen MR) is 51.4 cm³/mol. The summed E-state index contributed by atoms with van der Waals surface area (Å²) in [5.74, 6) is -0.358. The lowest BCUT2D eigenvalue weighted by molar-refractivity contribution is -0.907. The van der Waals surface area contributed by atoms with Gasteiger partial charge in [0.15, 0.2) is 0 Å². The van der Waals surface area contributed by atoms with Crippen LogP contribution in [0, 0.1) is 0 Å². The Balaban J connectivity index is 4.22. The molecule has 3 N–H and O–H groups in total. The summed E-state index contributed by atoms with van der Waals surface area (Å²) < 4.78 is 29.8. The summed E-state index contributed by atoms with van der Waals surface area (Å²) in [7, 11) is -2.25. The van der Waals surface area contributed by atoms with E-state index in [1.807, 2.05) is 0 Å². The third-order valence-corrected chi connectivity index (χ3v) is 2.87. The van der Waals surface area contributed by atoms with Crippen molar-refractivity contribution in [1.82, 2.24) is 0 Å². The van der Waals surface area contributed by atoms with Gasteiger partial charge in [-0.2, -0.15) is 8.42 Å². The van der Waals surface area contributed by atoms with Crippen LogP contribution in [0.2, 0.25) is 0 Å². The zero-order valence-electron chi connectivity index (χ0n) is 8.26. The summed E-state index contributed by atoms with van der Waals surface area (Å²) in [5, 5.41) is 17.5. The first kappa shape index (κ1) is 13.8. The number of aliphatic hydroxyl groups is 2. The molecular weight excluding hydrogens is 210 g/mol.